The summed E-state index contributed by atoms with van der Waals surface area (Å²) in [5, 5.41) is -0.946. The second kappa shape index (κ2) is 21.7. The van der Waals surface area contributed by atoms with E-state index in [0.717, 1.165) is 27.4 Å². The van der Waals surface area contributed by atoms with Crippen LogP contribution >= 0.6 is 0 Å². The van der Waals surface area contributed by atoms with Crippen molar-refractivity contribution < 1.29 is 44.9 Å². The first kappa shape index (κ1) is 33.4. The number of benzene rings is 12. The third-order valence-corrected chi connectivity index (χ3v) is 21.0. The summed E-state index contributed by atoms with van der Waals surface area (Å²) in [5.41, 5.74) is 1.82. The first-order chi connectivity index (χ1) is 54.8. The molecule has 0 saturated carbocycles. The number of rotatable bonds is 10. The second-order valence-electron chi connectivity index (χ2n) is 22.9. The highest BCUT2D eigenvalue weighted by molar-refractivity contribution is 7.20. The van der Waals surface area contributed by atoms with Crippen LogP contribution in [0.25, 0.3) is 106 Å². The first-order valence-corrected chi connectivity index (χ1v) is 31.0. The van der Waals surface area contributed by atoms with Crippen LogP contribution in [0.4, 0.5) is 0 Å². The molecule has 12 aromatic carbocycles. The SMILES string of the molecule is [2H]c1c([2H])c([2H])c(-c2cccc3c2-c2cccc(-c4c(C([2H])([2H])[2H])cccc4C([2H])([2H])[2H])c2-[n+]2[c-]n(-c4cccc(Oc5ccc6c7ccccc7n(-c7cc(C(C)(C)C)ccn7)c6c5)c4)c4cc([Si](c5c([2H])c([2H])c([2H])c([2H])c5[2H])(c5c([2H])c([2H])c([2H])c([2H])c5[2H])c5c([2H])c([2H])c([2H])c([2H])c5[2H])cc(c42)-c2ccccc2-3)c([2H])c1[2H]. The van der Waals surface area contributed by atoms with Gasteiger partial charge in [-0.25, -0.2) is 4.98 Å². The lowest BCUT2D eigenvalue weighted by Crippen LogP contribution is -2.74. The molecule has 16 rings (SSSR count). The van der Waals surface area contributed by atoms with E-state index in [1.165, 1.54) is 45.5 Å². The molecule has 0 bridgehead atoms. The van der Waals surface area contributed by atoms with Crippen molar-refractivity contribution in [2.45, 2.75) is 39.9 Å². The van der Waals surface area contributed by atoms with Crippen LogP contribution in [0.3, 0.4) is 0 Å². The number of fused-ring (bicyclic) bond motifs is 10. The summed E-state index contributed by atoms with van der Waals surface area (Å²) in [4.78, 5) is 4.87. The van der Waals surface area contributed by atoms with Crippen LogP contribution < -0.4 is 30.1 Å². The Morgan fingerprint density at radius 1 is 0.467 bits per heavy atom. The smallest absolute Gasteiger partial charge is 0.269 e. The summed E-state index contributed by atoms with van der Waals surface area (Å²) < 4.78 is 259. The van der Waals surface area contributed by atoms with Gasteiger partial charge in [-0.05, 0) is 161 Å². The Morgan fingerprint density at radius 3 is 1.71 bits per heavy atom. The summed E-state index contributed by atoms with van der Waals surface area (Å²) in [6.45, 7) is 0.171. The number of hydrogen-bond donors (Lipinski definition) is 0. The van der Waals surface area contributed by atoms with Gasteiger partial charge < -0.3 is 4.74 Å². The summed E-state index contributed by atoms with van der Waals surface area (Å²) in [5.74, 6) is 1.15. The van der Waals surface area contributed by atoms with E-state index in [4.69, 9.17) is 17.9 Å². The van der Waals surface area contributed by atoms with E-state index in [0.29, 0.717) is 11.6 Å². The number of pyridine rings is 1. The molecule has 0 spiro atoms. The van der Waals surface area contributed by atoms with Gasteiger partial charge in [-0.2, -0.15) is 0 Å². The van der Waals surface area contributed by atoms with E-state index in [-0.39, 0.29) is 94.4 Å². The molecule has 0 fully saturated rings. The molecule has 0 N–H and O–H groups in total. The molecular formula is C84H64N4OSi. The number of aromatic nitrogens is 4. The third-order valence-electron chi connectivity index (χ3n) is 16.8. The van der Waals surface area contributed by atoms with Gasteiger partial charge in [0.25, 0.3) is 6.33 Å². The lowest BCUT2D eigenvalue weighted by molar-refractivity contribution is -0.570. The Bertz CT molecular complexity index is 6480. The minimum Gasteiger partial charge on any atom is -0.458 e. The minimum absolute atomic E-state index is 0.00710. The van der Waals surface area contributed by atoms with E-state index in [9.17, 15) is 27.4 Å². The van der Waals surface area contributed by atoms with Crippen LogP contribution in [0.15, 0.2) is 297 Å². The number of para-hydroxylation sites is 2. The van der Waals surface area contributed by atoms with Gasteiger partial charge in [0.05, 0.1) is 60.9 Å². The molecular weight excluding hydrogens is 1110 g/mol. The molecule has 0 unspecified atom stereocenters. The highest BCUT2D eigenvalue weighted by atomic mass is 28.3. The average Bonchev–Trinajstić information content (AvgIpc) is 1.06. The molecule has 0 radical (unpaired) electrons. The van der Waals surface area contributed by atoms with Crippen molar-refractivity contribution in [2.75, 3.05) is 0 Å². The fraction of sp³-hybridized carbons (Fsp3) is 0.0714. The summed E-state index contributed by atoms with van der Waals surface area (Å²) in [6.07, 6.45) is 5.34. The molecule has 0 saturated heterocycles. The minimum atomic E-state index is -6.11. The zero-order valence-corrected chi connectivity index (χ0v) is 49.4. The Labute approximate surface area is 563 Å². The normalized spacial score (nSPS) is 16.4. The summed E-state index contributed by atoms with van der Waals surface area (Å²) in [6, 6.07) is 28.4. The molecule has 15 aromatic rings. The predicted molar refractivity (Wildman–Crippen MR) is 375 cm³/mol. The van der Waals surface area contributed by atoms with Crippen LogP contribution in [-0.4, -0.2) is 22.2 Å². The third kappa shape index (κ3) is 8.88. The van der Waals surface area contributed by atoms with Crippen molar-refractivity contribution >= 4 is 61.7 Å². The zero-order valence-electron chi connectivity index (χ0n) is 74.4. The lowest BCUT2D eigenvalue weighted by Gasteiger charge is -2.35. The molecule has 5 nitrogen and oxygen atoms in total. The van der Waals surface area contributed by atoms with Crippen LogP contribution in [0.2, 0.25) is 0 Å². The molecule has 1 aliphatic heterocycles. The highest BCUT2D eigenvalue weighted by Crippen LogP contribution is 2.49. The van der Waals surface area contributed by atoms with Crippen LogP contribution in [0.1, 0.15) is 73.1 Å². The molecule has 0 amide bonds. The Morgan fingerprint density at radius 2 is 1.03 bits per heavy atom. The van der Waals surface area contributed by atoms with E-state index >= 15 is 0 Å². The zero-order chi connectivity index (χ0) is 83.1. The predicted octanol–water partition coefficient (Wildman–Crippen LogP) is 17.9. The Balaban J connectivity index is 1.13. The Hall–Kier alpha value is -10.9. The molecule has 90 heavy (non-hydrogen) atoms. The fourth-order valence-electron chi connectivity index (χ4n) is 12.9. The van der Waals surface area contributed by atoms with E-state index in [1.807, 2.05) is 53.1 Å². The van der Waals surface area contributed by atoms with Crippen LogP contribution in [0.5, 0.6) is 11.5 Å². The van der Waals surface area contributed by atoms with Crippen molar-refractivity contribution in [3.8, 4) is 84.3 Å². The van der Waals surface area contributed by atoms with E-state index in [2.05, 4.69) is 27.1 Å². The van der Waals surface area contributed by atoms with Crippen molar-refractivity contribution in [2.24, 2.45) is 0 Å². The number of hydrogen-bond acceptors (Lipinski definition) is 2. The number of nitrogens with zero attached hydrogens (tertiary/aromatic N) is 4. The molecule has 0 atom stereocenters. The highest BCUT2D eigenvalue weighted by Gasteiger charge is 2.43. The topological polar surface area (TPSA) is 35.9 Å². The van der Waals surface area contributed by atoms with Gasteiger partial charge in [0.1, 0.15) is 17.3 Å². The number of imidazole rings is 1. The van der Waals surface area contributed by atoms with Gasteiger partial charge in [0.15, 0.2) is 8.07 Å². The molecule has 0 aliphatic carbocycles. The average molecular weight is 1200 g/mol. The first-order valence-electron chi connectivity index (χ1n) is 42.0. The number of aryl methyl sites for hydroxylation is 2. The maximum Gasteiger partial charge on any atom is 0.269 e. The van der Waals surface area contributed by atoms with E-state index in [1.54, 1.807) is 91.1 Å². The number of ether oxygens (including phenoxy) is 1. The standard InChI is InChI=1S/C84H64N4OSi/c1-56-26-22-27-57(2)80(56)73-43-25-44-74-81-67(58-28-10-6-11-29-58)41-24-42-72(81)68-38-18-19-39-69(68)75-53-66(90(63-32-12-7-13-33-63,64-34-14-8-15-35-64)65-36-16-9-17-37-65)54-78-83(75)87(82(73)74)55-86(78)60-30-23-31-61(51-60)89-62-46-47-71-70-40-20-21-45-76(70)88(77(71)52-62)79-50-59(48-49-85-79)84(3,4)5/h6-54H,1-5H3/i1D3,2D3,6D,7D,8D,9D,10D,11D,12D,13D,14D,15D,16D,17D,28D,29D,32D,33D,34D,35D,36D,37D. The summed E-state index contributed by atoms with van der Waals surface area (Å²) in [7, 11) is -6.11. The van der Waals surface area contributed by atoms with Gasteiger partial charge >= 0.3 is 0 Å². The molecule has 4 heterocycles. The molecule has 430 valence electrons. The Kier molecular flexibility index (Phi) is 8.07. The maximum absolute atomic E-state index is 10.2. The van der Waals surface area contributed by atoms with Crippen molar-refractivity contribution in [3.63, 3.8) is 0 Å². The van der Waals surface area contributed by atoms with Crippen LogP contribution in [-0.2, 0) is 5.41 Å². The second-order valence-corrected chi connectivity index (χ2v) is 26.5. The van der Waals surface area contributed by atoms with Gasteiger partial charge in [0, 0.05) is 31.3 Å². The monoisotopic (exact) mass is 1200 g/mol. The fourth-order valence-corrected chi connectivity index (χ4v) is 16.7. The quantitative estimate of drug-likeness (QED) is 0.0592. The van der Waals surface area contributed by atoms with Crippen molar-refractivity contribution in [1.29, 1.82) is 0 Å². The summed E-state index contributed by atoms with van der Waals surface area (Å²) >= 11 is 0. The van der Waals surface area contributed by atoms with Gasteiger partial charge in [-0.1, -0.05) is 257 Å². The lowest BCUT2D eigenvalue weighted by atomic mass is 9.83. The van der Waals surface area contributed by atoms with Gasteiger partial charge in [-0.3, -0.25) is 13.7 Å². The van der Waals surface area contributed by atoms with Crippen molar-refractivity contribution in [3.05, 3.63) is 320 Å². The molecule has 1 aliphatic rings. The maximum atomic E-state index is 10.2. The van der Waals surface area contributed by atoms with Crippen molar-refractivity contribution in [1.82, 2.24) is 14.1 Å². The molecule has 6 heteroatoms. The van der Waals surface area contributed by atoms with Gasteiger partial charge in [0.2, 0.25) is 0 Å². The van der Waals surface area contributed by atoms with Crippen LogP contribution in [0, 0.1) is 20.0 Å². The van der Waals surface area contributed by atoms with Gasteiger partial charge in [-0.15, -0.1) is 0 Å². The molecule has 3 aromatic heterocycles. The largest absolute Gasteiger partial charge is 0.458 e. The van der Waals surface area contributed by atoms with E-state index < -0.39 is 169 Å².